The second-order valence-electron chi connectivity index (χ2n) is 6.18. The number of hydrogen-bond donors (Lipinski definition) is 2. The van der Waals surface area contributed by atoms with Crippen LogP contribution < -0.4 is 11.1 Å². The van der Waals surface area contributed by atoms with Crippen LogP contribution in [0, 0.1) is 5.92 Å². The highest BCUT2D eigenvalue weighted by Crippen LogP contribution is 2.35. The van der Waals surface area contributed by atoms with Crippen molar-refractivity contribution in [3.8, 4) is 0 Å². The molecule has 0 aromatic carbocycles. The minimum Gasteiger partial charge on any atom is -0.385 e. The van der Waals surface area contributed by atoms with Gasteiger partial charge < -0.3 is 15.8 Å². The zero-order valence-corrected chi connectivity index (χ0v) is 13.3. The molecule has 0 aromatic heterocycles. The summed E-state index contributed by atoms with van der Waals surface area (Å²) in [5.74, 6) is 0.772. The van der Waals surface area contributed by atoms with Crippen molar-refractivity contribution in [3.05, 3.63) is 0 Å². The number of nitrogens with two attached hydrogens (primary N) is 1. The summed E-state index contributed by atoms with van der Waals surface area (Å²) in [7, 11) is 3.70. The summed E-state index contributed by atoms with van der Waals surface area (Å²) < 4.78 is 4.97. The van der Waals surface area contributed by atoms with Crippen LogP contribution in [0.1, 0.15) is 39.0 Å². The van der Waals surface area contributed by atoms with Crippen LogP contribution in [0.25, 0.3) is 0 Å². The molecular formula is C15H31N3O2. The van der Waals surface area contributed by atoms with Crippen LogP contribution in [-0.2, 0) is 9.53 Å². The molecule has 0 radical (unpaired) electrons. The van der Waals surface area contributed by atoms with Crippen LogP contribution >= 0.6 is 0 Å². The number of likely N-dealkylation sites (N-methyl/N-ethyl adjacent to an activating group) is 1. The predicted molar refractivity (Wildman–Crippen MR) is 81.6 cm³/mol. The molecule has 3 N–H and O–H groups in total. The first-order chi connectivity index (χ1) is 9.54. The Hall–Kier alpha value is -0.650. The molecule has 1 amide bonds. The summed E-state index contributed by atoms with van der Waals surface area (Å²) in [4.78, 5) is 14.1. The lowest BCUT2D eigenvalue weighted by Crippen LogP contribution is -2.56. The maximum atomic E-state index is 12.0. The van der Waals surface area contributed by atoms with Gasteiger partial charge in [-0.15, -0.1) is 0 Å². The van der Waals surface area contributed by atoms with E-state index in [1.54, 1.807) is 7.11 Å². The van der Waals surface area contributed by atoms with Crippen molar-refractivity contribution in [2.75, 3.05) is 40.4 Å². The number of hydrogen-bond acceptors (Lipinski definition) is 4. The van der Waals surface area contributed by atoms with Gasteiger partial charge in [0.05, 0.1) is 6.54 Å². The normalized spacial score (nSPS) is 26.8. The molecule has 1 saturated carbocycles. The van der Waals surface area contributed by atoms with Gasteiger partial charge in [-0.2, -0.15) is 0 Å². The third-order valence-electron chi connectivity index (χ3n) is 4.49. The van der Waals surface area contributed by atoms with Gasteiger partial charge in [-0.3, -0.25) is 9.69 Å². The molecule has 5 heteroatoms. The molecule has 118 valence electrons. The second-order valence-corrected chi connectivity index (χ2v) is 6.18. The van der Waals surface area contributed by atoms with E-state index in [1.165, 1.54) is 12.8 Å². The predicted octanol–water partition coefficient (Wildman–Crippen LogP) is 0.979. The Balaban J connectivity index is 2.42. The van der Waals surface area contributed by atoms with E-state index in [9.17, 15) is 4.79 Å². The van der Waals surface area contributed by atoms with E-state index in [0.717, 1.165) is 19.3 Å². The number of methoxy groups -OCH3 is 1. The van der Waals surface area contributed by atoms with Gasteiger partial charge in [0.25, 0.3) is 0 Å². The third kappa shape index (κ3) is 5.04. The minimum absolute atomic E-state index is 0.00152. The minimum atomic E-state index is 0.00152. The average Bonchev–Trinajstić information content (AvgIpc) is 2.43. The highest BCUT2D eigenvalue weighted by molar-refractivity contribution is 5.78. The molecule has 1 aliphatic rings. The van der Waals surface area contributed by atoms with Crippen molar-refractivity contribution >= 4 is 5.91 Å². The molecule has 0 spiro atoms. The van der Waals surface area contributed by atoms with E-state index in [4.69, 9.17) is 10.5 Å². The summed E-state index contributed by atoms with van der Waals surface area (Å²) in [5, 5.41) is 2.94. The summed E-state index contributed by atoms with van der Waals surface area (Å²) in [5.41, 5.74) is 6.03. The number of carbonyl (C=O) groups is 1. The molecule has 5 nitrogen and oxygen atoms in total. The summed E-state index contributed by atoms with van der Waals surface area (Å²) in [6, 6.07) is 0. The molecule has 0 bridgehead atoms. The van der Waals surface area contributed by atoms with E-state index in [-0.39, 0.29) is 11.4 Å². The average molecular weight is 285 g/mol. The monoisotopic (exact) mass is 285 g/mol. The number of carbonyl (C=O) groups excluding carboxylic acids is 1. The lowest BCUT2D eigenvalue weighted by Gasteiger charge is -2.45. The quantitative estimate of drug-likeness (QED) is 0.652. The Bertz CT molecular complexity index is 299. The topological polar surface area (TPSA) is 67.6 Å². The van der Waals surface area contributed by atoms with Gasteiger partial charge in [-0.05, 0) is 32.2 Å². The third-order valence-corrected chi connectivity index (χ3v) is 4.49. The van der Waals surface area contributed by atoms with Crippen LogP contribution in [0.5, 0.6) is 0 Å². The van der Waals surface area contributed by atoms with Gasteiger partial charge in [0.15, 0.2) is 0 Å². The van der Waals surface area contributed by atoms with Crippen LogP contribution in [0.3, 0.4) is 0 Å². The number of amides is 1. The van der Waals surface area contributed by atoms with Crippen molar-refractivity contribution in [3.63, 3.8) is 0 Å². The van der Waals surface area contributed by atoms with Crippen LogP contribution in [-0.4, -0.2) is 56.7 Å². The zero-order chi connectivity index (χ0) is 15.0. The molecule has 0 heterocycles. The van der Waals surface area contributed by atoms with Crippen molar-refractivity contribution in [2.45, 2.75) is 44.6 Å². The molecule has 0 aliphatic heterocycles. The Morgan fingerprint density at radius 2 is 2.30 bits per heavy atom. The fourth-order valence-electron chi connectivity index (χ4n) is 3.20. The molecule has 1 rings (SSSR count). The Morgan fingerprint density at radius 1 is 1.55 bits per heavy atom. The van der Waals surface area contributed by atoms with Crippen molar-refractivity contribution < 1.29 is 9.53 Å². The van der Waals surface area contributed by atoms with E-state index in [2.05, 4.69) is 17.1 Å². The molecule has 2 unspecified atom stereocenters. The molecule has 0 aromatic rings. The first kappa shape index (κ1) is 17.4. The maximum Gasteiger partial charge on any atom is 0.234 e. The van der Waals surface area contributed by atoms with Crippen molar-refractivity contribution in [1.29, 1.82) is 0 Å². The fourth-order valence-corrected chi connectivity index (χ4v) is 3.20. The maximum absolute atomic E-state index is 12.0. The van der Waals surface area contributed by atoms with E-state index in [1.807, 2.05) is 7.05 Å². The molecule has 0 saturated heterocycles. The second kappa shape index (κ2) is 8.60. The van der Waals surface area contributed by atoms with Gasteiger partial charge in [0.1, 0.15) is 0 Å². The van der Waals surface area contributed by atoms with Crippen molar-refractivity contribution in [2.24, 2.45) is 11.7 Å². The smallest absolute Gasteiger partial charge is 0.234 e. The number of ether oxygens (including phenoxy) is 1. The fraction of sp³-hybridized carbons (Fsp3) is 0.933. The first-order valence-electron chi connectivity index (χ1n) is 7.71. The van der Waals surface area contributed by atoms with E-state index >= 15 is 0 Å². The largest absolute Gasteiger partial charge is 0.385 e. The molecule has 1 fully saturated rings. The molecule has 1 aliphatic carbocycles. The van der Waals surface area contributed by atoms with E-state index < -0.39 is 0 Å². The summed E-state index contributed by atoms with van der Waals surface area (Å²) in [6.45, 7) is 4.69. The van der Waals surface area contributed by atoms with Crippen LogP contribution in [0.4, 0.5) is 0 Å². The van der Waals surface area contributed by atoms with Crippen LogP contribution in [0.2, 0.25) is 0 Å². The van der Waals surface area contributed by atoms with Gasteiger partial charge >= 0.3 is 0 Å². The number of rotatable bonds is 8. The van der Waals surface area contributed by atoms with Gasteiger partial charge in [-0.25, -0.2) is 0 Å². The Labute approximate surface area is 123 Å². The van der Waals surface area contributed by atoms with Gasteiger partial charge in [0, 0.05) is 32.3 Å². The summed E-state index contributed by atoms with van der Waals surface area (Å²) >= 11 is 0. The highest BCUT2D eigenvalue weighted by Gasteiger charge is 2.37. The highest BCUT2D eigenvalue weighted by atomic mass is 16.5. The van der Waals surface area contributed by atoms with Gasteiger partial charge in [-0.1, -0.05) is 19.8 Å². The number of nitrogens with zero attached hydrogens (tertiary/aromatic N) is 1. The molecule has 20 heavy (non-hydrogen) atoms. The van der Waals surface area contributed by atoms with Crippen molar-refractivity contribution in [1.82, 2.24) is 10.2 Å². The summed E-state index contributed by atoms with van der Waals surface area (Å²) in [6.07, 6.45) is 5.53. The Morgan fingerprint density at radius 3 is 2.90 bits per heavy atom. The first-order valence-corrected chi connectivity index (χ1v) is 7.71. The standard InChI is InChI=1S/C15H31N3O2/c1-13-6-4-7-15(10-13,12-16)18(2)11-14(19)17-8-5-9-20-3/h13H,4-12,16H2,1-3H3,(H,17,19). The van der Waals surface area contributed by atoms with Gasteiger partial charge in [0.2, 0.25) is 5.91 Å². The molecule has 2 atom stereocenters. The zero-order valence-electron chi connectivity index (χ0n) is 13.3. The Kier molecular flexibility index (Phi) is 7.48. The van der Waals surface area contributed by atoms with Crippen LogP contribution in [0.15, 0.2) is 0 Å². The lowest BCUT2D eigenvalue weighted by molar-refractivity contribution is -0.123. The SMILES string of the molecule is COCCCNC(=O)CN(C)C1(CN)CCCC(C)C1. The van der Waals surface area contributed by atoms with E-state index in [0.29, 0.717) is 32.2 Å². The lowest BCUT2D eigenvalue weighted by atomic mass is 9.75. The molecular weight excluding hydrogens is 254 g/mol. The number of nitrogens with one attached hydrogen (secondary N) is 1.